The molecule has 0 aromatic heterocycles. The quantitative estimate of drug-likeness (QED) is 0.822. The van der Waals surface area contributed by atoms with Gasteiger partial charge in [0, 0.05) is 12.1 Å². The van der Waals surface area contributed by atoms with E-state index in [9.17, 15) is 22.0 Å². The van der Waals surface area contributed by atoms with Crippen LogP contribution in [-0.2, 0) is 10.0 Å². The van der Waals surface area contributed by atoms with Crippen molar-refractivity contribution in [3.8, 4) is 0 Å². The molecule has 0 aliphatic heterocycles. The number of benzene rings is 2. The van der Waals surface area contributed by atoms with E-state index in [-0.39, 0.29) is 10.5 Å². The number of aryl methyl sites for hydroxylation is 1. The molecular weight excluding hydrogens is 350 g/mol. The summed E-state index contributed by atoms with van der Waals surface area (Å²) in [7, 11) is -4.26. The predicted molar refractivity (Wildman–Crippen MR) is 91.0 cm³/mol. The van der Waals surface area contributed by atoms with Crippen LogP contribution in [0.5, 0.6) is 0 Å². The molecule has 0 saturated carbocycles. The van der Waals surface area contributed by atoms with Crippen LogP contribution in [0.15, 0.2) is 41.3 Å². The monoisotopic (exact) mass is 368 g/mol. The van der Waals surface area contributed by atoms with Gasteiger partial charge in [-0.05, 0) is 43.2 Å². The second-order valence-corrected chi connectivity index (χ2v) is 7.12. The third-order valence-electron chi connectivity index (χ3n) is 3.50. The highest BCUT2D eigenvalue weighted by Gasteiger charge is 2.21. The second-order valence-electron chi connectivity index (χ2n) is 5.43. The van der Waals surface area contributed by atoms with Crippen LogP contribution < -0.4 is 10.0 Å². The summed E-state index contributed by atoms with van der Waals surface area (Å²) < 4.78 is 54.1. The fraction of sp³-hybridized carbons (Fsp3) is 0.235. The predicted octanol–water partition coefficient (Wildman–Crippen LogP) is 3.21. The van der Waals surface area contributed by atoms with Crippen molar-refractivity contribution in [1.82, 2.24) is 5.32 Å². The molecule has 2 aromatic carbocycles. The molecule has 0 unspecified atom stereocenters. The first-order chi connectivity index (χ1) is 11.8. The molecule has 0 atom stereocenters. The fourth-order valence-electron chi connectivity index (χ4n) is 2.14. The van der Waals surface area contributed by atoms with Crippen molar-refractivity contribution in [3.63, 3.8) is 0 Å². The smallest absolute Gasteiger partial charge is 0.262 e. The molecule has 8 heteroatoms. The summed E-state index contributed by atoms with van der Waals surface area (Å²) in [6.07, 6.45) is 0.733. The van der Waals surface area contributed by atoms with Crippen LogP contribution in [0.1, 0.15) is 29.3 Å². The Morgan fingerprint density at radius 2 is 1.76 bits per heavy atom. The van der Waals surface area contributed by atoms with Gasteiger partial charge < -0.3 is 5.32 Å². The largest absolute Gasteiger partial charge is 0.352 e. The van der Waals surface area contributed by atoms with Gasteiger partial charge in [-0.1, -0.05) is 19.1 Å². The summed E-state index contributed by atoms with van der Waals surface area (Å²) in [4.78, 5) is 11.9. The number of hydrogen-bond donors (Lipinski definition) is 2. The van der Waals surface area contributed by atoms with Gasteiger partial charge in [0.05, 0.1) is 4.90 Å². The van der Waals surface area contributed by atoms with E-state index in [0.29, 0.717) is 12.1 Å². The summed E-state index contributed by atoms with van der Waals surface area (Å²) in [6, 6.07) is 6.94. The first kappa shape index (κ1) is 18.9. The molecule has 1 amide bonds. The number of carbonyl (C=O) groups is 1. The molecule has 134 valence electrons. The minimum absolute atomic E-state index is 0.185. The molecule has 25 heavy (non-hydrogen) atoms. The summed E-state index contributed by atoms with van der Waals surface area (Å²) in [5, 5.41) is 2.66. The number of anilines is 1. The molecular formula is C17H18F2N2O3S. The number of hydrogen-bond acceptors (Lipinski definition) is 3. The van der Waals surface area contributed by atoms with Gasteiger partial charge in [-0.25, -0.2) is 17.2 Å². The topological polar surface area (TPSA) is 75.3 Å². The third-order valence-corrected chi connectivity index (χ3v) is 4.85. The number of para-hydroxylation sites is 1. The Morgan fingerprint density at radius 3 is 2.36 bits per heavy atom. The van der Waals surface area contributed by atoms with Crippen molar-refractivity contribution in [1.29, 1.82) is 0 Å². The molecule has 0 aliphatic rings. The maximum absolute atomic E-state index is 13.7. The van der Waals surface area contributed by atoms with Crippen LogP contribution in [0.25, 0.3) is 0 Å². The molecule has 2 rings (SSSR count). The van der Waals surface area contributed by atoms with E-state index >= 15 is 0 Å². The van der Waals surface area contributed by atoms with Gasteiger partial charge in [0.1, 0.15) is 17.3 Å². The highest BCUT2D eigenvalue weighted by atomic mass is 32.2. The molecule has 2 aromatic rings. The number of rotatable bonds is 6. The Morgan fingerprint density at radius 1 is 1.12 bits per heavy atom. The van der Waals surface area contributed by atoms with E-state index < -0.39 is 33.3 Å². The summed E-state index contributed by atoms with van der Waals surface area (Å²) >= 11 is 0. The van der Waals surface area contributed by atoms with Gasteiger partial charge in [-0.15, -0.1) is 0 Å². The normalized spacial score (nSPS) is 11.2. The van der Waals surface area contributed by atoms with Crippen LogP contribution in [-0.4, -0.2) is 20.9 Å². The highest BCUT2D eigenvalue weighted by molar-refractivity contribution is 7.92. The zero-order valence-corrected chi connectivity index (χ0v) is 14.6. The molecule has 0 fully saturated rings. The Hall–Kier alpha value is -2.48. The Bertz CT molecular complexity index is 879. The van der Waals surface area contributed by atoms with Crippen molar-refractivity contribution in [3.05, 3.63) is 59.2 Å². The van der Waals surface area contributed by atoms with Gasteiger partial charge in [-0.2, -0.15) is 0 Å². The Kier molecular flexibility index (Phi) is 5.73. The lowest BCUT2D eigenvalue weighted by Gasteiger charge is -2.12. The van der Waals surface area contributed by atoms with E-state index in [4.69, 9.17) is 0 Å². The van der Waals surface area contributed by atoms with Crippen LogP contribution in [0, 0.1) is 18.6 Å². The van der Waals surface area contributed by atoms with Gasteiger partial charge in [0.2, 0.25) is 0 Å². The molecule has 0 bridgehead atoms. The lowest BCUT2D eigenvalue weighted by Crippen LogP contribution is -2.25. The maximum Gasteiger partial charge on any atom is 0.262 e. The average molecular weight is 368 g/mol. The van der Waals surface area contributed by atoms with Gasteiger partial charge in [0.15, 0.2) is 0 Å². The van der Waals surface area contributed by atoms with E-state index in [1.807, 2.05) is 11.6 Å². The number of halogens is 2. The van der Waals surface area contributed by atoms with E-state index in [0.717, 1.165) is 24.6 Å². The van der Waals surface area contributed by atoms with Gasteiger partial charge in [-0.3, -0.25) is 9.52 Å². The molecule has 2 N–H and O–H groups in total. The van der Waals surface area contributed by atoms with Crippen molar-refractivity contribution in [2.45, 2.75) is 25.2 Å². The lowest BCUT2D eigenvalue weighted by atomic mass is 10.1. The summed E-state index contributed by atoms with van der Waals surface area (Å²) in [5.74, 6) is -2.47. The fourth-order valence-corrected chi connectivity index (χ4v) is 3.24. The standard InChI is InChI=1S/C17H18F2N2O3S/c1-3-9-20-17(22)13-10-12(8-7-11(13)2)25(23,24)21-16-14(18)5-4-6-15(16)19/h4-8,10,21H,3,9H2,1-2H3,(H,20,22). The SMILES string of the molecule is CCCNC(=O)c1cc(S(=O)(=O)Nc2c(F)cccc2F)ccc1C. The lowest BCUT2D eigenvalue weighted by molar-refractivity contribution is 0.0953. The third kappa shape index (κ3) is 4.33. The van der Waals surface area contributed by atoms with Crippen molar-refractivity contribution in [2.75, 3.05) is 11.3 Å². The van der Waals surface area contributed by atoms with Gasteiger partial charge in [0.25, 0.3) is 15.9 Å². The first-order valence-electron chi connectivity index (χ1n) is 7.62. The number of amides is 1. The first-order valence-corrected chi connectivity index (χ1v) is 9.10. The molecule has 0 heterocycles. The highest BCUT2D eigenvalue weighted by Crippen LogP contribution is 2.23. The van der Waals surface area contributed by atoms with Crippen LogP contribution >= 0.6 is 0 Å². The van der Waals surface area contributed by atoms with Crippen molar-refractivity contribution >= 4 is 21.6 Å². The minimum atomic E-state index is -4.26. The Balaban J connectivity index is 2.38. The number of nitrogens with one attached hydrogen (secondary N) is 2. The number of sulfonamides is 1. The molecule has 0 aliphatic carbocycles. The van der Waals surface area contributed by atoms with Crippen molar-refractivity contribution in [2.24, 2.45) is 0 Å². The Labute approximate surface area is 145 Å². The summed E-state index contributed by atoms with van der Waals surface area (Å²) in [5.41, 5.74) is 0.00927. The molecule has 0 radical (unpaired) electrons. The van der Waals surface area contributed by atoms with E-state index in [1.165, 1.54) is 18.2 Å². The average Bonchev–Trinajstić information content (AvgIpc) is 2.56. The zero-order chi connectivity index (χ0) is 18.6. The number of carbonyl (C=O) groups excluding carboxylic acids is 1. The van der Waals surface area contributed by atoms with Gasteiger partial charge >= 0.3 is 0 Å². The van der Waals surface area contributed by atoms with Crippen LogP contribution in [0.4, 0.5) is 14.5 Å². The molecule has 0 saturated heterocycles. The molecule has 0 spiro atoms. The van der Waals surface area contributed by atoms with E-state index in [1.54, 1.807) is 6.92 Å². The molecule has 5 nitrogen and oxygen atoms in total. The van der Waals surface area contributed by atoms with E-state index in [2.05, 4.69) is 5.32 Å². The zero-order valence-electron chi connectivity index (χ0n) is 13.8. The maximum atomic E-state index is 13.7. The minimum Gasteiger partial charge on any atom is -0.352 e. The van der Waals surface area contributed by atoms with Crippen LogP contribution in [0.2, 0.25) is 0 Å². The second kappa shape index (κ2) is 7.60. The van der Waals surface area contributed by atoms with Crippen molar-refractivity contribution < 1.29 is 22.0 Å². The van der Waals surface area contributed by atoms with Crippen LogP contribution in [0.3, 0.4) is 0 Å². The summed E-state index contributed by atoms with van der Waals surface area (Å²) in [6.45, 7) is 4.01.